The monoisotopic (exact) mass is 418 g/mol. The molecule has 0 radical (unpaired) electrons. The van der Waals surface area contributed by atoms with Crippen molar-refractivity contribution in [3.63, 3.8) is 0 Å². The van der Waals surface area contributed by atoms with Gasteiger partial charge in [-0.25, -0.2) is 5.06 Å². The van der Waals surface area contributed by atoms with E-state index in [1.54, 1.807) is 18.2 Å². The van der Waals surface area contributed by atoms with Gasteiger partial charge in [-0.1, -0.05) is 30.3 Å². The molecule has 0 heterocycles. The van der Waals surface area contributed by atoms with Gasteiger partial charge in [0.1, 0.15) is 12.1 Å². The Hall–Kier alpha value is -3.90. The molecule has 2 aromatic carbocycles. The first-order chi connectivity index (χ1) is 14.1. The number of hydroxylamine groups is 2. The van der Waals surface area contributed by atoms with Gasteiger partial charge in [0.15, 0.2) is 0 Å². The average Bonchev–Trinajstić information content (AvgIpc) is 2.75. The lowest BCUT2D eigenvalue weighted by atomic mass is 10.0. The molecule has 0 aliphatic heterocycles. The van der Waals surface area contributed by atoms with Crippen LogP contribution in [0.1, 0.15) is 22.0 Å². The van der Waals surface area contributed by atoms with E-state index in [9.17, 15) is 34.9 Å². The van der Waals surface area contributed by atoms with E-state index in [2.05, 4.69) is 5.32 Å². The molecule has 2 aromatic rings. The number of nitro groups is 2. The Labute approximate surface area is 169 Å². The summed E-state index contributed by atoms with van der Waals surface area (Å²) in [7, 11) is 2.47. The van der Waals surface area contributed by atoms with Crippen LogP contribution in [0.3, 0.4) is 0 Å². The fraction of sp³-hybridized carbons (Fsp3) is 0.222. The van der Waals surface area contributed by atoms with Gasteiger partial charge in [0, 0.05) is 19.2 Å². The molecule has 30 heavy (non-hydrogen) atoms. The van der Waals surface area contributed by atoms with Crippen molar-refractivity contribution >= 4 is 23.2 Å². The first-order valence-electron chi connectivity index (χ1n) is 8.45. The fourth-order valence-electron chi connectivity index (χ4n) is 2.57. The number of carbonyl (C=O) groups is 2. The minimum absolute atomic E-state index is 0.311. The van der Waals surface area contributed by atoms with Crippen LogP contribution in [-0.2, 0) is 9.63 Å². The molecule has 12 heteroatoms. The summed E-state index contributed by atoms with van der Waals surface area (Å²) in [6, 6.07) is 8.81. The zero-order chi connectivity index (χ0) is 22.4. The van der Waals surface area contributed by atoms with E-state index in [1.807, 2.05) is 0 Å². The fourth-order valence-corrected chi connectivity index (χ4v) is 2.57. The molecule has 158 valence electrons. The second-order valence-electron chi connectivity index (χ2n) is 6.08. The molecule has 2 rings (SSSR count). The maximum atomic E-state index is 12.7. The molecule has 2 amide bonds. The van der Waals surface area contributed by atoms with Crippen molar-refractivity contribution in [2.75, 3.05) is 14.2 Å². The van der Waals surface area contributed by atoms with Crippen molar-refractivity contribution in [3.05, 3.63) is 79.9 Å². The summed E-state index contributed by atoms with van der Waals surface area (Å²) >= 11 is 0. The molecule has 2 atom stereocenters. The molecule has 0 aliphatic carbocycles. The molecule has 0 fully saturated rings. The van der Waals surface area contributed by atoms with Gasteiger partial charge in [0.25, 0.3) is 23.2 Å². The van der Waals surface area contributed by atoms with Crippen molar-refractivity contribution in [2.45, 2.75) is 12.1 Å². The third-order valence-electron chi connectivity index (χ3n) is 4.18. The van der Waals surface area contributed by atoms with Crippen LogP contribution in [0.5, 0.6) is 0 Å². The summed E-state index contributed by atoms with van der Waals surface area (Å²) in [6.07, 6.45) is -1.49. The first-order valence-corrected chi connectivity index (χ1v) is 8.45. The van der Waals surface area contributed by atoms with Crippen molar-refractivity contribution < 1.29 is 29.4 Å². The van der Waals surface area contributed by atoms with Crippen LogP contribution in [-0.4, -0.2) is 52.0 Å². The number of aliphatic hydroxyl groups is 1. The van der Waals surface area contributed by atoms with Gasteiger partial charge in [0.2, 0.25) is 0 Å². The maximum absolute atomic E-state index is 12.7. The third kappa shape index (κ3) is 5.12. The summed E-state index contributed by atoms with van der Waals surface area (Å²) in [5.74, 6) is -1.85. The number of aliphatic hydroxyl groups excluding tert-OH is 1. The standard InChI is InChI=1S/C18H18N4O8/c1-20(30-2)18(25)15(16(23)11-6-4-3-5-7-11)19-17(24)12-8-13(21(26)27)10-14(9-12)22(28)29/h3-10,15-16,23H,1-2H3,(H,19,24)/t15-,16+/m0/s1. The van der Waals surface area contributed by atoms with Gasteiger partial charge in [0.05, 0.1) is 28.6 Å². The summed E-state index contributed by atoms with van der Waals surface area (Å²) in [5, 5.41) is 35.8. The minimum atomic E-state index is -1.54. The number of likely N-dealkylation sites (N-methyl/N-ethyl adjacent to an activating group) is 1. The van der Waals surface area contributed by atoms with Crippen molar-refractivity contribution in [1.29, 1.82) is 0 Å². The Bertz CT molecular complexity index is 934. The smallest absolute Gasteiger partial charge is 0.277 e. The van der Waals surface area contributed by atoms with Crippen molar-refractivity contribution in [3.8, 4) is 0 Å². The van der Waals surface area contributed by atoms with E-state index >= 15 is 0 Å². The van der Waals surface area contributed by atoms with E-state index in [4.69, 9.17) is 4.84 Å². The number of nitro benzene ring substituents is 2. The highest BCUT2D eigenvalue weighted by Gasteiger charge is 2.33. The first kappa shape index (κ1) is 22.4. The normalized spacial score (nSPS) is 12.5. The van der Waals surface area contributed by atoms with Gasteiger partial charge in [-0.05, 0) is 5.56 Å². The van der Waals surface area contributed by atoms with Crippen LogP contribution in [0.15, 0.2) is 48.5 Å². The largest absolute Gasteiger partial charge is 0.386 e. The number of non-ortho nitro benzene ring substituents is 2. The van der Waals surface area contributed by atoms with Gasteiger partial charge >= 0.3 is 0 Å². The van der Waals surface area contributed by atoms with Gasteiger partial charge in [-0.2, -0.15) is 0 Å². The predicted molar refractivity (Wildman–Crippen MR) is 102 cm³/mol. The van der Waals surface area contributed by atoms with E-state index in [-0.39, 0.29) is 0 Å². The summed E-state index contributed by atoms with van der Waals surface area (Å²) in [6.45, 7) is 0. The molecule has 0 spiro atoms. The van der Waals surface area contributed by atoms with Crippen molar-refractivity contribution in [2.24, 2.45) is 0 Å². The van der Waals surface area contributed by atoms with Crippen LogP contribution in [0.25, 0.3) is 0 Å². The molecule has 0 unspecified atom stereocenters. The van der Waals surface area contributed by atoms with Crippen LogP contribution in [0.4, 0.5) is 11.4 Å². The average molecular weight is 418 g/mol. The molecule has 2 N–H and O–H groups in total. The van der Waals surface area contributed by atoms with Crippen LogP contribution >= 0.6 is 0 Å². The number of amides is 2. The number of hydrogen-bond acceptors (Lipinski definition) is 8. The molecule has 0 aliphatic rings. The second-order valence-corrected chi connectivity index (χ2v) is 6.08. The molecule has 0 bridgehead atoms. The molecular formula is C18H18N4O8. The Balaban J connectivity index is 2.42. The molecule has 0 saturated carbocycles. The number of nitrogens with one attached hydrogen (secondary N) is 1. The highest BCUT2D eigenvalue weighted by molar-refractivity contribution is 5.98. The summed E-state index contributed by atoms with van der Waals surface area (Å²) in [4.78, 5) is 50.4. The van der Waals surface area contributed by atoms with Gasteiger partial charge < -0.3 is 10.4 Å². The number of benzene rings is 2. The van der Waals surface area contributed by atoms with Gasteiger partial charge in [-0.15, -0.1) is 0 Å². The zero-order valence-electron chi connectivity index (χ0n) is 15.9. The van der Waals surface area contributed by atoms with Crippen molar-refractivity contribution in [1.82, 2.24) is 10.4 Å². The number of hydrogen-bond donors (Lipinski definition) is 2. The number of carbonyl (C=O) groups excluding carboxylic acids is 2. The lowest BCUT2D eigenvalue weighted by Gasteiger charge is -2.26. The number of rotatable bonds is 8. The Morgan fingerprint density at radius 3 is 2.07 bits per heavy atom. The zero-order valence-corrected chi connectivity index (χ0v) is 15.9. The SMILES string of the molecule is CON(C)C(=O)[C@@H](NC(=O)c1cc([N+](=O)[O-])cc([N+](=O)[O-])c1)[C@H](O)c1ccccc1. The maximum Gasteiger partial charge on any atom is 0.277 e. The molecule has 12 nitrogen and oxygen atoms in total. The quantitative estimate of drug-likeness (QED) is 0.479. The topological polar surface area (TPSA) is 165 Å². The Morgan fingerprint density at radius 2 is 1.60 bits per heavy atom. The van der Waals surface area contributed by atoms with E-state index in [0.717, 1.165) is 17.2 Å². The van der Waals surface area contributed by atoms with E-state index in [0.29, 0.717) is 11.6 Å². The second kappa shape index (κ2) is 9.54. The van der Waals surface area contributed by atoms with Crippen LogP contribution < -0.4 is 5.32 Å². The Morgan fingerprint density at radius 1 is 1.07 bits per heavy atom. The van der Waals surface area contributed by atoms with Crippen LogP contribution in [0.2, 0.25) is 0 Å². The lowest BCUT2D eigenvalue weighted by molar-refractivity contribution is -0.394. The van der Waals surface area contributed by atoms with E-state index < -0.39 is 50.7 Å². The Kier molecular flexibility index (Phi) is 7.12. The lowest BCUT2D eigenvalue weighted by Crippen LogP contribution is -2.50. The third-order valence-corrected chi connectivity index (χ3v) is 4.18. The highest BCUT2D eigenvalue weighted by Crippen LogP contribution is 2.24. The molecular weight excluding hydrogens is 400 g/mol. The van der Waals surface area contributed by atoms with Crippen LogP contribution in [0, 0.1) is 20.2 Å². The summed E-state index contributed by atoms with van der Waals surface area (Å²) in [5.41, 5.74) is -1.45. The minimum Gasteiger partial charge on any atom is -0.386 e. The summed E-state index contributed by atoms with van der Waals surface area (Å²) < 4.78 is 0. The molecule has 0 aromatic heterocycles. The predicted octanol–water partition coefficient (Wildman–Crippen LogP) is 1.35. The molecule has 0 saturated heterocycles. The number of nitrogens with zero attached hydrogens (tertiary/aromatic N) is 3. The van der Waals surface area contributed by atoms with Gasteiger partial charge in [-0.3, -0.25) is 34.7 Å². The van der Waals surface area contributed by atoms with E-state index in [1.165, 1.54) is 26.3 Å². The highest BCUT2D eigenvalue weighted by atomic mass is 16.7.